The molecule has 1 aliphatic heterocycles. The molecule has 90 valence electrons. The van der Waals surface area contributed by atoms with Gasteiger partial charge in [-0.15, -0.1) is 0 Å². The van der Waals surface area contributed by atoms with Crippen molar-refractivity contribution in [2.75, 3.05) is 33.4 Å². The van der Waals surface area contributed by atoms with Crippen LogP contribution in [0.5, 0.6) is 0 Å². The first-order chi connectivity index (χ1) is 7.34. The fourth-order valence-corrected chi connectivity index (χ4v) is 2.17. The maximum absolute atomic E-state index is 5.46. The number of unbranched alkanes of at least 4 members (excludes halogenated alkanes) is 3. The smallest absolute Gasteiger partial charge is 0.0480 e. The normalized spacial score (nSPS) is 18.6. The van der Waals surface area contributed by atoms with Gasteiger partial charge in [0.15, 0.2) is 0 Å². The van der Waals surface area contributed by atoms with E-state index in [1.807, 2.05) is 0 Å². The first kappa shape index (κ1) is 12.9. The molecular weight excluding hydrogens is 188 g/mol. The Bertz CT molecular complexity index is 147. The van der Waals surface area contributed by atoms with Crippen molar-refractivity contribution in [3.05, 3.63) is 0 Å². The molecule has 0 aliphatic carbocycles. The number of nitrogens with zero attached hydrogens (tertiary/aromatic N) is 1. The summed E-state index contributed by atoms with van der Waals surface area (Å²) < 4.78 is 5.37. The molecule has 3 heteroatoms. The second-order valence-corrected chi connectivity index (χ2v) is 4.53. The van der Waals surface area contributed by atoms with Crippen LogP contribution >= 0.6 is 0 Å². The summed E-state index contributed by atoms with van der Waals surface area (Å²) in [5, 5.41) is 0. The summed E-state index contributed by atoms with van der Waals surface area (Å²) in [6.07, 6.45) is 7.52. The van der Waals surface area contributed by atoms with Crippen LogP contribution in [0.15, 0.2) is 0 Å². The van der Waals surface area contributed by atoms with Crippen LogP contribution in [-0.2, 0) is 4.74 Å². The van der Waals surface area contributed by atoms with Crippen LogP contribution < -0.4 is 5.73 Å². The Labute approximate surface area is 94.0 Å². The van der Waals surface area contributed by atoms with Crippen molar-refractivity contribution in [3.8, 4) is 0 Å². The largest absolute Gasteiger partial charge is 0.381 e. The average molecular weight is 214 g/mol. The Morgan fingerprint density at radius 1 is 1.13 bits per heavy atom. The topological polar surface area (TPSA) is 38.5 Å². The van der Waals surface area contributed by atoms with E-state index in [2.05, 4.69) is 11.9 Å². The van der Waals surface area contributed by atoms with E-state index in [1.165, 1.54) is 45.1 Å². The molecule has 1 heterocycles. The highest BCUT2D eigenvalue weighted by Crippen LogP contribution is 2.13. The first-order valence-corrected chi connectivity index (χ1v) is 6.32. The van der Waals surface area contributed by atoms with Crippen LogP contribution in [0.25, 0.3) is 0 Å². The van der Waals surface area contributed by atoms with Crippen molar-refractivity contribution in [2.24, 2.45) is 5.73 Å². The fraction of sp³-hybridized carbons (Fsp3) is 1.00. The van der Waals surface area contributed by atoms with Gasteiger partial charge in [-0.25, -0.2) is 0 Å². The molecule has 0 bridgehead atoms. The standard InChI is InChI=1S/C12H26N2O/c1-14(9-5-3-2-4-8-13)12-6-10-15-11-7-12/h12H,2-11,13H2,1H3. The zero-order valence-electron chi connectivity index (χ0n) is 10.1. The van der Waals surface area contributed by atoms with Gasteiger partial charge in [-0.1, -0.05) is 12.8 Å². The quantitative estimate of drug-likeness (QED) is 0.654. The van der Waals surface area contributed by atoms with Crippen molar-refractivity contribution in [2.45, 2.75) is 44.6 Å². The lowest BCUT2D eigenvalue weighted by molar-refractivity contribution is 0.0426. The Balaban J connectivity index is 1.99. The van der Waals surface area contributed by atoms with Crippen LogP contribution in [0.2, 0.25) is 0 Å². The maximum Gasteiger partial charge on any atom is 0.0480 e. The summed E-state index contributed by atoms with van der Waals surface area (Å²) >= 11 is 0. The summed E-state index contributed by atoms with van der Waals surface area (Å²) in [6, 6.07) is 0.758. The summed E-state index contributed by atoms with van der Waals surface area (Å²) in [5.74, 6) is 0. The third-order valence-electron chi connectivity index (χ3n) is 3.28. The van der Waals surface area contributed by atoms with E-state index in [9.17, 15) is 0 Å². The summed E-state index contributed by atoms with van der Waals surface area (Å²) in [4.78, 5) is 2.50. The van der Waals surface area contributed by atoms with E-state index < -0.39 is 0 Å². The van der Waals surface area contributed by atoms with Crippen LogP contribution in [0.4, 0.5) is 0 Å². The molecule has 2 N–H and O–H groups in total. The molecule has 1 aliphatic rings. The molecule has 0 atom stereocenters. The molecule has 0 spiro atoms. The van der Waals surface area contributed by atoms with Gasteiger partial charge in [0.25, 0.3) is 0 Å². The van der Waals surface area contributed by atoms with Gasteiger partial charge in [-0.3, -0.25) is 0 Å². The van der Waals surface area contributed by atoms with Gasteiger partial charge >= 0.3 is 0 Å². The average Bonchev–Trinajstić information content (AvgIpc) is 2.30. The van der Waals surface area contributed by atoms with Crippen LogP contribution in [0.1, 0.15) is 38.5 Å². The Hall–Kier alpha value is -0.120. The van der Waals surface area contributed by atoms with Crippen LogP contribution in [-0.4, -0.2) is 44.3 Å². The molecule has 0 saturated carbocycles. The molecule has 0 aromatic rings. The Morgan fingerprint density at radius 2 is 1.80 bits per heavy atom. The molecule has 15 heavy (non-hydrogen) atoms. The van der Waals surface area contributed by atoms with E-state index in [0.29, 0.717) is 0 Å². The Kier molecular flexibility index (Phi) is 6.98. The zero-order chi connectivity index (χ0) is 10.9. The van der Waals surface area contributed by atoms with Gasteiger partial charge in [-0.2, -0.15) is 0 Å². The summed E-state index contributed by atoms with van der Waals surface area (Å²) in [7, 11) is 2.25. The molecular formula is C12H26N2O. The molecule has 0 radical (unpaired) electrons. The monoisotopic (exact) mass is 214 g/mol. The molecule has 0 unspecified atom stereocenters. The minimum Gasteiger partial charge on any atom is -0.381 e. The van der Waals surface area contributed by atoms with Crippen LogP contribution in [0.3, 0.4) is 0 Å². The molecule has 0 aromatic heterocycles. The number of hydrogen-bond donors (Lipinski definition) is 1. The summed E-state index contributed by atoms with van der Waals surface area (Å²) in [6.45, 7) is 3.97. The molecule has 1 saturated heterocycles. The van der Waals surface area contributed by atoms with Crippen molar-refractivity contribution >= 4 is 0 Å². The molecule has 3 nitrogen and oxygen atoms in total. The first-order valence-electron chi connectivity index (χ1n) is 6.32. The highest BCUT2D eigenvalue weighted by molar-refractivity contribution is 4.71. The zero-order valence-corrected chi connectivity index (χ0v) is 10.1. The summed E-state index contributed by atoms with van der Waals surface area (Å²) in [5.41, 5.74) is 5.46. The number of nitrogens with two attached hydrogens (primary N) is 1. The third-order valence-corrected chi connectivity index (χ3v) is 3.28. The van der Waals surface area contributed by atoms with Crippen molar-refractivity contribution in [3.63, 3.8) is 0 Å². The maximum atomic E-state index is 5.46. The van der Waals surface area contributed by atoms with Crippen molar-refractivity contribution in [1.82, 2.24) is 4.90 Å². The molecule has 1 fully saturated rings. The Morgan fingerprint density at radius 3 is 2.47 bits per heavy atom. The predicted octanol–water partition coefficient (Wildman–Crippen LogP) is 1.62. The van der Waals surface area contributed by atoms with E-state index >= 15 is 0 Å². The minimum atomic E-state index is 0.758. The second kappa shape index (κ2) is 8.08. The molecule has 1 rings (SSSR count). The van der Waals surface area contributed by atoms with Crippen molar-refractivity contribution < 1.29 is 4.74 Å². The number of rotatable bonds is 7. The van der Waals surface area contributed by atoms with E-state index in [-0.39, 0.29) is 0 Å². The number of ether oxygens (including phenoxy) is 1. The third kappa shape index (κ3) is 5.50. The predicted molar refractivity (Wildman–Crippen MR) is 64.0 cm³/mol. The lowest BCUT2D eigenvalue weighted by atomic mass is 10.1. The van der Waals surface area contributed by atoms with Crippen LogP contribution in [0, 0.1) is 0 Å². The highest BCUT2D eigenvalue weighted by atomic mass is 16.5. The van der Waals surface area contributed by atoms with Gasteiger partial charge < -0.3 is 15.4 Å². The lowest BCUT2D eigenvalue weighted by Gasteiger charge is -2.31. The van der Waals surface area contributed by atoms with Gasteiger partial charge in [-0.05, 0) is 45.8 Å². The minimum absolute atomic E-state index is 0.758. The van der Waals surface area contributed by atoms with Gasteiger partial charge in [0.2, 0.25) is 0 Å². The molecule has 0 aromatic carbocycles. The highest BCUT2D eigenvalue weighted by Gasteiger charge is 2.17. The van der Waals surface area contributed by atoms with E-state index in [0.717, 1.165) is 25.8 Å². The lowest BCUT2D eigenvalue weighted by Crippen LogP contribution is -2.37. The molecule has 0 amide bonds. The van der Waals surface area contributed by atoms with Gasteiger partial charge in [0.05, 0.1) is 0 Å². The van der Waals surface area contributed by atoms with Gasteiger partial charge in [0, 0.05) is 19.3 Å². The van der Waals surface area contributed by atoms with Crippen molar-refractivity contribution in [1.29, 1.82) is 0 Å². The van der Waals surface area contributed by atoms with E-state index in [4.69, 9.17) is 10.5 Å². The number of hydrogen-bond acceptors (Lipinski definition) is 3. The van der Waals surface area contributed by atoms with Gasteiger partial charge in [0.1, 0.15) is 0 Å². The van der Waals surface area contributed by atoms with E-state index in [1.54, 1.807) is 0 Å². The fourth-order valence-electron chi connectivity index (χ4n) is 2.17. The second-order valence-electron chi connectivity index (χ2n) is 4.53. The SMILES string of the molecule is CN(CCCCCCN)C1CCOCC1.